The van der Waals surface area contributed by atoms with Gasteiger partial charge in [0.05, 0.1) is 25.4 Å². The molecule has 29 heavy (non-hydrogen) atoms. The molecule has 4 nitrogen and oxygen atoms in total. The van der Waals surface area contributed by atoms with Gasteiger partial charge in [0, 0.05) is 12.2 Å². The smallest absolute Gasteiger partial charge is 0.170 e. The number of methoxy groups -OCH3 is 1. The highest BCUT2D eigenvalue weighted by molar-refractivity contribution is 7.80. The number of ether oxygens (including phenoxy) is 1. The molecule has 1 saturated carbocycles. The molecule has 1 unspecified atom stereocenters. The predicted molar refractivity (Wildman–Crippen MR) is 123 cm³/mol. The second-order valence-electron chi connectivity index (χ2n) is 7.89. The molecule has 1 N–H and O–H groups in total. The fourth-order valence-corrected chi connectivity index (χ4v) is 4.36. The van der Waals surface area contributed by atoms with E-state index >= 15 is 0 Å². The van der Waals surface area contributed by atoms with E-state index in [0.29, 0.717) is 12.6 Å². The Labute approximate surface area is 180 Å². The minimum Gasteiger partial charge on any atom is -0.497 e. The fourth-order valence-electron chi connectivity index (χ4n) is 3.97. The van der Waals surface area contributed by atoms with Crippen LogP contribution in [0.15, 0.2) is 48.7 Å². The first kappa shape index (κ1) is 21.6. The highest BCUT2D eigenvalue weighted by Gasteiger charge is 2.22. The van der Waals surface area contributed by atoms with E-state index in [1.54, 1.807) is 7.11 Å². The molecule has 156 valence electrons. The SMILES string of the molecule is COc1ccc(C(C)N(Cc2ccccn2)C(=S)NC2CCCCCCC2)cc1. The third-order valence-electron chi connectivity index (χ3n) is 5.82. The van der Waals surface area contributed by atoms with E-state index in [-0.39, 0.29) is 6.04 Å². The first-order valence-electron chi connectivity index (χ1n) is 10.8. The number of nitrogens with one attached hydrogen (secondary N) is 1. The summed E-state index contributed by atoms with van der Waals surface area (Å²) in [5.74, 6) is 0.868. The number of nitrogens with zero attached hydrogens (tertiary/aromatic N) is 2. The quantitative estimate of drug-likeness (QED) is 0.623. The zero-order chi connectivity index (χ0) is 20.5. The summed E-state index contributed by atoms with van der Waals surface area (Å²) in [6.45, 7) is 2.89. The van der Waals surface area contributed by atoms with Crippen LogP contribution in [0.25, 0.3) is 0 Å². The second kappa shape index (κ2) is 11.1. The van der Waals surface area contributed by atoms with Gasteiger partial charge in [0.1, 0.15) is 5.75 Å². The summed E-state index contributed by atoms with van der Waals surface area (Å²) in [5, 5.41) is 4.51. The van der Waals surface area contributed by atoms with Crippen molar-refractivity contribution < 1.29 is 4.74 Å². The first-order valence-corrected chi connectivity index (χ1v) is 11.2. The summed E-state index contributed by atoms with van der Waals surface area (Å²) in [7, 11) is 1.69. The molecule has 1 aliphatic rings. The number of thiocarbonyl (C=S) groups is 1. The Kier molecular flexibility index (Phi) is 8.29. The molecule has 1 fully saturated rings. The third-order valence-corrected chi connectivity index (χ3v) is 6.17. The molecular formula is C24H33N3OS. The van der Waals surface area contributed by atoms with E-state index in [2.05, 4.69) is 40.3 Å². The lowest BCUT2D eigenvalue weighted by atomic mass is 9.97. The maximum Gasteiger partial charge on any atom is 0.170 e. The Morgan fingerprint density at radius 3 is 2.41 bits per heavy atom. The average molecular weight is 412 g/mol. The van der Waals surface area contributed by atoms with Gasteiger partial charge >= 0.3 is 0 Å². The van der Waals surface area contributed by atoms with Crippen LogP contribution in [0, 0.1) is 0 Å². The molecule has 1 aromatic carbocycles. The molecular weight excluding hydrogens is 378 g/mol. The molecule has 1 aromatic heterocycles. The van der Waals surface area contributed by atoms with Crippen molar-refractivity contribution in [2.45, 2.75) is 70.5 Å². The summed E-state index contributed by atoms with van der Waals surface area (Å²) in [6, 6.07) is 14.9. The number of hydrogen-bond donors (Lipinski definition) is 1. The number of pyridine rings is 1. The minimum absolute atomic E-state index is 0.136. The van der Waals surface area contributed by atoms with Crippen LogP contribution in [0.1, 0.15) is 69.2 Å². The molecule has 0 amide bonds. The van der Waals surface area contributed by atoms with Gasteiger partial charge in [-0.25, -0.2) is 0 Å². The van der Waals surface area contributed by atoms with Gasteiger partial charge in [0.2, 0.25) is 0 Å². The molecule has 0 saturated heterocycles. The summed E-state index contributed by atoms with van der Waals surface area (Å²) in [6.07, 6.45) is 10.9. The van der Waals surface area contributed by atoms with E-state index in [0.717, 1.165) is 16.6 Å². The van der Waals surface area contributed by atoms with Gasteiger partial charge < -0.3 is 15.0 Å². The first-order chi connectivity index (χ1) is 14.2. The van der Waals surface area contributed by atoms with Crippen LogP contribution in [-0.4, -0.2) is 28.1 Å². The van der Waals surface area contributed by atoms with Crippen molar-refractivity contribution in [2.24, 2.45) is 0 Å². The molecule has 0 bridgehead atoms. The largest absolute Gasteiger partial charge is 0.497 e. The molecule has 3 rings (SSSR count). The Bertz CT molecular complexity index is 742. The molecule has 1 aliphatic carbocycles. The molecule has 0 aliphatic heterocycles. The Balaban J connectivity index is 1.76. The van der Waals surface area contributed by atoms with Crippen LogP contribution in [0.5, 0.6) is 5.75 Å². The van der Waals surface area contributed by atoms with Crippen molar-refractivity contribution in [3.05, 3.63) is 59.9 Å². The number of benzene rings is 1. The summed E-state index contributed by atoms with van der Waals surface area (Å²) in [4.78, 5) is 6.79. The molecule has 2 aromatic rings. The summed E-state index contributed by atoms with van der Waals surface area (Å²) < 4.78 is 5.31. The van der Waals surface area contributed by atoms with Gasteiger partial charge in [-0.2, -0.15) is 0 Å². The minimum atomic E-state index is 0.136. The van der Waals surface area contributed by atoms with Gasteiger partial charge in [-0.1, -0.05) is 50.3 Å². The maximum absolute atomic E-state index is 5.92. The molecule has 1 heterocycles. The van der Waals surface area contributed by atoms with E-state index in [1.807, 2.05) is 30.5 Å². The van der Waals surface area contributed by atoms with Crippen LogP contribution in [0.4, 0.5) is 0 Å². The van der Waals surface area contributed by atoms with E-state index in [1.165, 1.54) is 50.5 Å². The molecule has 1 atom stereocenters. The zero-order valence-electron chi connectivity index (χ0n) is 17.6. The van der Waals surface area contributed by atoms with Gasteiger partial charge in [-0.05, 0) is 61.8 Å². The Hall–Kier alpha value is -2.14. The highest BCUT2D eigenvalue weighted by Crippen LogP contribution is 2.25. The van der Waals surface area contributed by atoms with Gasteiger partial charge in [0.25, 0.3) is 0 Å². The number of hydrogen-bond acceptors (Lipinski definition) is 3. The van der Waals surface area contributed by atoms with Crippen LogP contribution in [0.3, 0.4) is 0 Å². The second-order valence-corrected chi connectivity index (χ2v) is 8.28. The van der Waals surface area contributed by atoms with Crippen LogP contribution in [0.2, 0.25) is 0 Å². The molecule has 0 radical (unpaired) electrons. The van der Waals surface area contributed by atoms with Crippen molar-refractivity contribution in [1.82, 2.24) is 15.2 Å². The number of aromatic nitrogens is 1. The van der Waals surface area contributed by atoms with Gasteiger partial charge in [-0.15, -0.1) is 0 Å². The predicted octanol–water partition coefficient (Wildman–Crippen LogP) is 5.64. The van der Waals surface area contributed by atoms with E-state index < -0.39 is 0 Å². The van der Waals surface area contributed by atoms with Crippen LogP contribution in [-0.2, 0) is 6.54 Å². The fraction of sp³-hybridized carbons (Fsp3) is 0.500. The summed E-state index contributed by atoms with van der Waals surface area (Å²) in [5.41, 5.74) is 2.23. The van der Waals surface area contributed by atoms with Crippen LogP contribution < -0.4 is 10.1 Å². The lowest BCUT2D eigenvalue weighted by Crippen LogP contribution is -2.45. The lowest BCUT2D eigenvalue weighted by Gasteiger charge is -2.34. The Morgan fingerprint density at radius 2 is 1.79 bits per heavy atom. The standard InChI is InChI=1S/C24H33N3OS/c1-19(20-13-15-23(28-2)16-14-20)27(18-22-12-8-9-17-25-22)24(29)26-21-10-6-4-3-5-7-11-21/h8-9,12-17,19,21H,3-7,10-11,18H2,1-2H3,(H,26,29). The molecule has 5 heteroatoms. The highest BCUT2D eigenvalue weighted by atomic mass is 32.1. The maximum atomic E-state index is 5.92. The number of rotatable bonds is 6. The van der Waals surface area contributed by atoms with Crippen LogP contribution >= 0.6 is 12.2 Å². The third kappa shape index (κ3) is 6.43. The monoisotopic (exact) mass is 411 g/mol. The van der Waals surface area contributed by atoms with Gasteiger partial charge in [-0.3, -0.25) is 4.98 Å². The van der Waals surface area contributed by atoms with Crippen molar-refractivity contribution in [2.75, 3.05) is 7.11 Å². The normalized spacial score (nSPS) is 16.3. The zero-order valence-corrected chi connectivity index (χ0v) is 18.5. The van der Waals surface area contributed by atoms with Gasteiger partial charge in [0.15, 0.2) is 5.11 Å². The average Bonchev–Trinajstić information content (AvgIpc) is 2.74. The summed E-state index contributed by atoms with van der Waals surface area (Å²) >= 11 is 5.92. The van der Waals surface area contributed by atoms with Crippen molar-refractivity contribution in [3.8, 4) is 5.75 Å². The topological polar surface area (TPSA) is 37.4 Å². The van der Waals surface area contributed by atoms with Crippen molar-refractivity contribution in [1.29, 1.82) is 0 Å². The van der Waals surface area contributed by atoms with Crippen molar-refractivity contribution >= 4 is 17.3 Å². The van der Waals surface area contributed by atoms with E-state index in [4.69, 9.17) is 17.0 Å². The lowest BCUT2D eigenvalue weighted by molar-refractivity contribution is 0.310. The van der Waals surface area contributed by atoms with E-state index in [9.17, 15) is 0 Å². The van der Waals surface area contributed by atoms with Crippen molar-refractivity contribution in [3.63, 3.8) is 0 Å². The molecule has 0 spiro atoms. The Morgan fingerprint density at radius 1 is 1.10 bits per heavy atom.